The monoisotopic (exact) mass is 2000 g/mol. The van der Waals surface area contributed by atoms with E-state index in [4.69, 9.17) is 9.84 Å². The number of hydrogen-bond donors (Lipinski definition) is 2. The number of allylic oxidation sites excluding steroid dienone is 2. The molecule has 4 atom stereocenters. The van der Waals surface area contributed by atoms with Gasteiger partial charge in [0, 0.05) is 90.5 Å². The summed E-state index contributed by atoms with van der Waals surface area (Å²) in [6.45, 7) is 79.8. The molecule has 0 bridgehead atoms. The summed E-state index contributed by atoms with van der Waals surface area (Å²) in [7, 11) is 21.3. The number of phenolic OH excluding ortho intramolecular Hbond substituents is 1. The number of ketones is 3. The average molecular weight is 2000 g/mol. The van der Waals surface area contributed by atoms with E-state index in [9.17, 15) is 27.6 Å². The van der Waals surface area contributed by atoms with Crippen LogP contribution < -0.4 is 9.64 Å². The van der Waals surface area contributed by atoms with Gasteiger partial charge in [0.05, 0.1) is 28.3 Å². The zero-order chi connectivity index (χ0) is 93.1. The van der Waals surface area contributed by atoms with Gasteiger partial charge >= 0.3 is 0 Å². The molecule has 4 aliphatic carbocycles. The Bertz CT molecular complexity index is 2710. The summed E-state index contributed by atoms with van der Waals surface area (Å²) in [5.74, 6) is 17.7. The van der Waals surface area contributed by atoms with Crippen molar-refractivity contribution in [3.8, 4) is 23.3 Å². The van der Waals surface area contributed by atoms with Crippen LogP contribution in [0.25, 0.3) is 0 Å². The minimum Gasteiger partial charge on any atom is -0.508 e. The SMILES string of the molecule is C.C.C.C.C.C.C.C.C.C.C.C.C.C.C.C.C.C.C.C.C.C.C=C.C=C.C=C.CC#CC.CC(=O)N(C)C.CC(=O)c1ccc(C(C)=O)cc1.CC(C)=O.CC1C(C)C1C.CC1CC(C)C(C)C1.CC1CC(C)C1C.CC1CCC(C)CC1.CC=C(C)C.CCC.CN(C)C.CN=C(C)C.CN=[Si](C)C.COC.COc1cc(C)cc(O)c1.CS(C)(=O)=O.C[NH+](C)C.Cc1ccc(C)cc1.[CH3-].[HH].[HH].[HH].[HH]. The van der Waals surface area contributed by atoms with Gasteiger partial charge in [0.1, 0.15) is 35.7 Å². The van der Waals surface area contributed by atoms with E-state index in [0.717, 1.165) is 88.9 Å². The molecule has 136 heavy (non-hydrogen) atoms. The molecule has 1 amide bonds. The number of phenols is 1. The molecular weight excluding hydrogens is 1720 g/mol. The maximum Gasteiger partial charge on any atom is 0.218 e. The molecule has 14 nitrogen and oxygen atoms in total. The highest BCUT2D eigenvalue weighted by atomic mass is 32.2. The van der Waals surface area contributed by atoms with Gasteiger partial charge in [-0.15, -0.1) is 51.3 Å². The third kappa shape index (κ3) is 249. The summed E-state index contributed by atoms with van der Waals surface area (Å²) in [5.41, 5.74) is 7.44. The molecule has 0 aliphatic heterocycles. The predicted octanol–water partition coefficient (Wildman–Crippen LogP) is 39.9. The molecule has 0 aromatic heterocycles. The molecule has 0 heterocycles. The first-order chi connectivity index (χ1) is 51.9. The lowest BCUT2D eigenvalue weighted by atomic mass is 9.68. The van der Waals surface area contributed by atoms with Crippen LogP contribution in [0.15, 0.2) is 127 Å². The first-order valence-electron chi connectivity index (χ1n) is 40.3. The highest BCUT2D eigenvalue weighted by molar-refractivity contribution is 7.89. The number of rotatable bonds is 3. The minimum absolute atomic E-state index is 0. The van der Waals surface area contributed by atoms with E-state index in [1.54, 1.807) is 78.9 Å². The Labute approximate surface area is 882 Å². The molecule has 4 unspecified atom stereocenters. The van der Waals surface area contributed by atoms with Gasteiger partial charge < -0.3 is 46.1 Å². The molecule has 856 valence electrons. The molecule has 3 aromatic carbocycles. The fraction of sp³-hybridized carbons (Fsp3) is 0.717. The van der Waals surface area contributed by atoms with E-state index in [2.05, 4.69) is 248 Å². The van der Waals surface area contributed by atoms with E-state index in [-0.39, 0.29) is 214 Å². The van der Waals surface area contributed by atoms with Crippen LogP contribution in [0.5, 0.6) is 11.5 Å². The smallest absolute Gasteiger partial charge is 0.218 e. The number of aryl methyl sites for hydroxylation is 3. The highest BCUT2D eigenvalue weighted by Gasteiger charge is 2.38. The number of methoxy groups -OCH3 is 2. The van der Waals surface area contributed by atoms with E-state index in [0.29, 0.717) is 16.9 Å². The number of amides is 1. The van der Waals surface area contributed by atoms with Crippen molar-refractivity contribution in [2.45, 2.75) is 422 Å². The summed E-state index contributed by atoms with van der Waals surface area (Å²) in [6.07, 6.45) is 15.9. The Kier molecular flexibility index (Phi) is 321. The predicted molar refractivity (Wildman–Crippen MR) is 675 cm³/mol. The molecule has 16 heteroatoms. The first kappa shape index (κ1) is 250. The number of nitrogens with zero attached hydrogens (tertiary/aromatic N) is 4. The maximum absolute atomic E-state index is 10.8. The number of Topliss-reactive ketones (excluding diaryl/α,β-unsaturated/α-hetero) is 3. The van der Waals surface area contributed by atoms with Crippen molar-refractivity contribution in [3.63, 3.8) is 0 Å². The Balaban J connectivity index is -0.0000000189. The fourth-order valence-electron chi connectivity index (χ4n) is 7.97. The van der Waals surface area contributed by atoms with Crippen LogP contribution in [-0.2, 0) is 24.2 Å². The maximum atomic E-state index is 10.8. The van der Waals surface area contributed by atoms with E-state index >= 15 is 0 Å². The van der Waals surface area contributed by atoms with E-state index in [1.807, 2.05) is 80.7 Å². The lowest BCUT2D eigenvalue weighted by Crippen LogP contribution is -3.02. The summed E-state index contributed by atoms with van der Waals surface area (Å²) in [5, 5.41) is 9.04. The summed E-state index contributed by atoms with van der Waals surface area (Å²) < 4.78 is 32.4. The van der Waals surface area contributed by atoms with Gasteiger partial charge in [0.15, 0.2) is 11.6 Å². The molecule has 0 radical (unpaired) electrons. The topological polar surface area (TPSA) is 177 Å². The number of carbonyl (C=O) groups excluding carboxylic acids is 4. The number of nitrogens with one attached hydrogen (secondary N) is 1. The van der Waals surface area contributed by atoms with Crippen LogP contribution in [0.3, 0.4) is 0 Å². The van der Waals surface area contributed by atoms with E-state index < -0.39 is 9.84 Å². The second-order valence-electron chi connectivity index (χ2n) is 31.2. The first-order valence-corrected chi connectivity index (χ1v) is 45.0. The number of benzene rings is 3. The van der Waals surface area contributed by atoms with Crippen molar-refractivity contribution in [1.82, 2.24) is 9.80 Å². The van der Waals surface area contributed by atoms with Gasteiger partial charge in [0.25, 0.3) is 0 Å². The minimum atomic E-state index is -2.67. The molecule has 4 fully saturated rings. The largest absolute Gasteiger partial charge is 0.508 e. The van der Waals surface area contributed by atoms with Crippen LogP contribution in [0, 0.1) is 105 Å². The van der Waals surface area contributed by atoms with Gasteiger partial charge in [0.2, 0.25) is 5.91 Å². The second kappa shape index (κ2) is 174. The van der Waals surface area contributed by atoms with Crippen molar-refractivity contribution in [1.29, 1.82) is 0 Å². The number of aliphatic imine (C=N–C) groups is 1. The summed E-state index contributed by atoms with van der Waals surface area (Å²) in [4.78, 5) is 49.9. The van der Waals surface area contributed by atoms with Crippen LogP contribution >= 0.6 is 0 Å². The summed E-state index contributed by atoms with van der Waals surface area (Å²) in [6, 6.07) is 20.3. The highest BCUT2D eigenvalue weighted by Crippen LogP contribution is 2.44. The quantitative estimate of drug-likeness (QED) is 0.0641. The molecule has 4 aliphatic rings. The van der Waals surface area contributed by atoms with Gasteiger partial charge in [-0.3, -0.25) is 19.4 Å². The normalized spacial score (nSPS) is 15.0. The molecule has 0 spiro atoms. The van der Waals surface area contributed by atoms with Gasteiger partial charge in [-0.05, 0) is 233 Å². The zero-order valence-corrected chi connectivity index (χ0v) is 85.4. The summed E-state index contributed by atoms with van der Waals surface area (Å²) >= 11 is 0. The molecule has 7 rings (SSSR count). The molecule has 0 saturated heterocycles. The van der Waals surface area contributed by atoms with Crippen LogP contribution in [0.4, 0.5) is 0 Å². The molecular formula is C120H287N5O9SSi. The lowest BCUT2D eigenvalue weighted by Gasteiger charge is -2.38. The Hall–Kier alpha value is -6.22. The van der Waals surface area contributed by atoms with Crippen molar-refractivity contribution in [2.75, 3.05) is 104 Å². The third-order valence-corrected chi connectivity index (χ3v) is 17.1. The Morgan fingerprint density at radius 1 is 0.478 bits per heavy atom. The fourth-order valence-corrected chi connectivity index (χ4v) is 7.97. The zero-order valence-electron chi connectivity index (χ0n) is 83.6. The number of quaternary nitrogens is 1. The molecule has 4 saturated carbocycles. The van der Waals surface area contributed by atoms with Gasteiger partial charge in [-0.1, -0.05) is 357 Å². The molecule has 3 aromatic rings. The van der Waals surface area contributed by atoms with Gasteiger partial charge in [-0.2, -0.15) is 0 Å². The number of aromatic hydroxyl groups is 1. The van der Waals surface area contributed by atoms with Crippen LogP contribution in [0.1, 0.15) is 431 Å². The standard InChI is InChI=1S/C10H10O2.C8H10O2.2C8H16.C8H10.C7H14.C6H12.C5H10.C4H9NO.C4H9N.C4H6.C3H9NSi.2C3H9N.C3H6O.C3H8.C2H6O2S.C2H6O.3C2H4.22CH4.CH3.4H2/c1-7(11)9-3-5-10(6-4-9)8(2)12;1-6-3-7(9)5-8(4-6)10-2;1-6-4-7(2)8(3)5-6;2*1-7-3-5-8(2)6-4-7;1-5-4-6(2)7(5)3;1-4-5(2)6(4)3;1-4-5(2)3;1-4(6)5(2)3;1-4(2)5-3;1-3-4-2;1-4-5(2)3;2*1-4(2)3;1-3(2)4;1-3-2;1-5(2,3)4;1-3-2;3*1-2;;;;;;;;;;;;;;;;;;;;;;;;;;;/h3-6H,1-2H3;3-5,9H,1-2H3;6-8H,4-5H2,1-3H3;7-8H,3-6H2,1-2H3;3-6H,1-2H3;5-7H,4H2,1-3H3;4-6H,1-3H3;4H,1-3H3;1-3H3;1-3H3;1-2H3;1-3H3;2*1-3H3;1-2H3;3H2,1-2H3;1-2H3;1-2H3;3*1-2H2;22*1H4;1H3;4*1H/q;;;;;;;;;;;;;;;;;;;;;;;;;;;;;;;;;;;;;;;;;;;-1;;;;/p+1. The van der Waals surface area contributed by atoms with Crippen LogP contribution in [-0.4, -0.2) is 165 Å². The second-order valence-corrected chi connectivity index (χ2v) is 35.8. The van der Waals surface area contributed by atoms with Crippen molar-refractivity contribution in [3.05, 3.63) is 153 Å². The Morgan fingerprint density at radius 3 is 0.757 bits per heavy atom. The van der Waals surface area contributed by atoms with Crippen molar-refractivity contribution in [2.24, 2.45) is 74.7 Å². The van der Waals surface area contributed by atoms with Crippen molar-refractivity contribution >= 4 is 47.4 Å². The number of hydrogen-bond acceptors (Lipinski definition) is 12. The average Bonchev–Trinajstić information content (AvgIpc) is 1.75. The van der Waals surface area contributed by atoms with Crippen LogP contribution in [0.2, 0.25) is 13.1 Å². The number of carbonyl (C=O) groups is 4. The van der Waals surface area contributed by atoms with Gasteiger partial charge in [-0.25, -0.2) is 8.42 Å². The molecule has 2 N–H and O–H groups in total. The third-order valence-electron chi connectivity index (χ3n) is 16.2. The van der Waals surface area contributed by atoms with E-state index in [1.165, 1.54) is 112 Å². The number of ether oxygens (including phenoxy) is 2. The van der Waals surface area contributed by atoms with Crippen molar-refractivity contribution < 1.29 is 52.8 Å². The number of sulfone groups is 1. The Morgan fingerprint density at radius 2 is 0.669 bits per heavy atom. The lowest BCUT2D eigenvalue weighted by molar-refractivity contribution is -0.836.